The van der Waals surface area contributed by atoms with E-state index in [0.717, 1.165) is 30.8 Å². The van der Waals surface area contributed by atoms with E-state index >= 15 is 0 Å². The van der Waals surface area contributed by atoms with E-state index in [1.165, 1.54) is 42.6 Å². The Morgan fingerprint density at radius 1 is 1.21 bits per heavy atom. The molecule has 1 aliphatic heterocycles. The van der Waals surface area contributed by atoms with Crippen LogP contribution < -0.4 is 10.1 Å². The predicted molar refractivity (Wildman–Crippen MR) is 76.4 cm³/mol. The highest BCUT2D eigenvalue weighted by atomic mass is 16.5. The van der Waals surface area contributed by atoms with Gasteiger partial charge in [0.25, 0.3) is 0 Å². The van der Waals surface area contributed by atoms with E-state index in [9.17, 15) is 0 Å². The molecule has 2 aliphatic carbocycles. The molecule has 19 heavy (non-hydrogen) atoms. The fraction of sp³-hybridized carbons (Fsp3) is 0.647. The van der Waals surface area contributed by atoms with Crippen LogP contribution in [0.1, 0.15) is 42.9 Å². The van der Waals surface area contributed by atoms with Crippen molar-refractivity contribution >= 4 is 0 Å². The number of rotatable bonds is 3. The van der Waals surface area contributed by atoms with E-state index in [1.54, 1.807) is 0 Å². The van der Waals surface area contributed by atoms with Crippen molar-refractivity contribution in [3.8, 4) is 5.75 Å². The third-order valence-electron chi connectivity index (χ3n) is 5.50. The van der Waals surface area contributed by atoms with Gasteiger partial charge >= 0.3 is 0 Å². The highest BCUT2D eigenvalue weighted by Crippen LogP contribution is 2.61. The zero-order valence-electron chi connectivity index (χ0n) is 11.7. The topological polar surface area (TPSA) is 21.3 Å². The van der Waals surface area contributed by atoms with Gasteiger partial charge in [0.2, 0.25) is 0 Å². The second-order valence-electron chi connectivity index (χ2n) is 6.39. The van der Waals surface area contributed by atoms with Crippen molar-refractivity contribution in [3.63, 3.8) is 0 Å². The Labute approximate surface area is 115 Å². The first kappa shape index (κ1) is 11.8. The quantitative estimate of drug-likeness (QED) is 0.897. The number of hydrogen-bond acceptors (Lipinski definition) is 2. The zero-order chi connectivity index (χ0) is 12.8. The van der Waals surface area contributed by atoms with Gasteiger partial charge in [0, 0.05) is 18.0 Å². The van der Waals surface area contributed by atoms with Crippen LogP contribution >= 0.6 is 0 Å². The van der Waals surface area contributed by atoms with E-state index in [0.29, 0.717) is 6.04 Å². The first-order valence-electron chi connectivity index (χ1n) is 7.82. The molecular formula is C17H23NO. The van der Waals surface area contributed by atoms with Gasteiger partial charge in [0.05, 0.1) is 6.61 Å². The molecule has 0 radical (unpaired) electrons. The number of ether oxygens (including phenoxy) is 1. The lowest BCUT2D eigenvalue weighted by Crippen LogP contribution is -2.20. The summed E-state index contributed by atoms with van der Waals surface area (Å²) < 4.78 is 5.90. The molecule has 0 aromatic heterocycles. The number of para-hydroxylation sites is 1. The molecule has 2 saturated carbocycles. The SMILES string of the molecule is CNC(c1cccc2c1OCC2)C1C2CCCCC21. The third-order valence-corrected chi connectivity index (χ3v) is 5.50. The van der Waals surface area contributed by atoms with E-state index in [4.69, 9.17) is 4.74 Å². The first-order valence-corrected chi connectivity index (χ1v) is 7.82. The lowest BCUT2D eigenvalue weighted by molar-refractivity contribution is 0.345. The van der Waals surface area contributed by atoms with Crippen molar-refractivity contribution in [2.45, 2.75) is 38.1 Å². The summed E-state index contributed by atoms with van der Waals surface area (Å²) in [5.41, 5.74) is 2.82. The van der Waals surface area contributed by atoms with Gasteiger partial charge in [0.15, 0.2) is 0 Å². The first-order chi connectivity index (χ1) is 9.40. The molecular weight excluding hydrogens is 234 g/mol. The van der Waals surface area contributed by atoms with Gasteiger partial charge in [-0.15, -0.1) is 0 Å². The van der Waals surface area contributed by atoms with Gasteiger partial charge < -0.3 is 10.1 Å². The van der Waals surface area contributed by atoms with Gasteiger partial charge in [-0.05, 0) is 43.2 Å². The van der Waals surface area contributed by atoms with E-state index in [1.807, 2.05) is 0 Å². The van der Waals surface area contributed by atoms with Crippen LogP contribution in [0.25, 0.3) is 0 Å². The Morgan fingerprint density at radius 3 is 2.74 bits per heavy atom. The summed E-state index contributed by atoms with van der Waals surface area (Å²) in [6, 6.07) is 7.20. The van der Waals surface area contributed by atoms with Crippen LogP contribution in [0, 0.1) is 17.8 Å². The molecule has 0 spiro atoms. The highest BCUT2D eigenvalue weighted by molar-refractivity contribution is 5.46. The molecule has 2 fully saturated rings. The van der Waals surface area contributed by atoms with Crippen LogP contribution in [0.15, 0.2) is 18.2 Å². The van der Waals surface area contributed by atoms with Crippen molar-refractivity contribution in [3.05, 3.63) is 29.3 Å². The molecule has 1 aromatic rings. The van der Waals surface area contributed by atoms with Crippen LogP contribution in [-0.2, 0) is 6.42 Å². The molecule has 3 unspecified atom stereocenters. The number of benzene rings is 1. The summed E-state index contributed by atoms with van der Waals surface area (Å²) in [7, 11) is 2.11. The zero-order valence-corrected chi connectivity index (χ0v) is 11.7. The molecule has 2 nitrogen and oxygen atoms in total. The van der Waals surface area contributed by atoms with E-state index in [-0.39, 0.29) is 0 Å². The summed E-state index contributed by atoms with van der Waals surface area (Å²) in [6.45, 7) is 0.861. The average molecular weight is 257 g/mol. The Morgan fingerprint density at radius 2 is 2.00 bits per heavy atom. The van der Waals surface area contributed by atoms with Crippen molar-refractivity contribution < 1.29 is 4.74 Å². The highest BCUT2D eigenvalue weighted by Gasteiger charge is 2.54. The molecule has 4 rings (SSSR count). The Bertz CT molecular complexity index is 472. The molecule has 1 heterocycles. The average Bonchev–Trinajstić information content (AvgIpc) is 2.95. The summed E-state index contributed by atoms with van der Waals surface area (Å²) in [5.74, 6) is 3.99. The van der Waals surface area contributed by atoms with Crippen molar-refractivity contribution in [2.75, 3.05) is 13.7 Å². The van der Waals surface area contributed by atoms with E-state index < -0.39 is 0 Å². The lowest BCUT2D eigenvalue weighted by atomic mass is 9.96. The molecule has 1 N–H and O–H groups in total. The minimum Gasteiger partial charge on any atom is -0.493 e. The van der Waals surface area contributed by atoms with E-state index in [2.05, 4.69) is 30.6 Å². The Balaban J connectivity index is 1.65. The molecule has 0 bridgehead atoms. The van der Waals surface area contributed by atoms with Crippen LogP contribution in [-0.4, -0.2) is 13.7 Å². The summed E-state index contributed by atoms with van der Waals surface area (Å²) >= 11 is 0. The largest absolute Gasteiger partial charge is 0.493 e. The molecule has 3 aliphatic rings. The minimum atomic E-state index is 0.501. The van der Waals surface area contributed by atoms with Crippen molar-refractivity contribution in [1.82, 2.24) is 5.32 Å². The summed E-state index contributed by atoms with van der Waals surface area (Å²) in [5, 5.41) is 3.59. The molecule has 0 saturated heterocycles. The number of fused-ring (bicyclic) bond motifs is 2. The maximum atomic E-state index is 5.90. The van der Waals surface area contributed by atoms with Gasteiger partial charge in [0.1, 0.15) is 5.75 Å². The molecule has 3 atom stereocenters. The predicted octanol–water partition coefficient (Wildman–Crippen LogP) is 3.32. The van der Waals surface area contributed by atoms with Crippen LogP contribution in [0.5, 0.6) is 5.75 Å². The minimum absolute atomic E-state index is 0.501. The normalized spacial score (nSPS) is 33.2. The van der Waals surface area contributed by atoms with Crippen LogP contribution in [0.2, 0.25) is 0 Å². The Kier molecular flexibility index (Phi) is 2.80. The molecule has 102 valence electrons. The van der Waals surface area contributed by atoms with Gasteiger partial charge in [-0.2, -0.15) is 0 Å². The maximum Gasteiger partial charge on any atom is 0.127 e. The summed E-state index contributed by atoms with van der Waals surface area (Å²) in [6.07, 6.45) is 6.86. The van der Waals surface area contributed by atoms with Gasteiger partial charge in [-0.3, -0.25) is 0 Å². The maximum absolute atomic E-state index is 5.90. The van der Waals surface area contributed by atoms with Crippen LogP contribution in [0.4, 0.5) is 0 Å². The van der Waals surface area contributed by atoms with Crippen molar-refractivity contribution in [1.29, 1.82) is 0 Å². The monoisotopic (exact) mass is 257 g/mol. The third kappa shape index (κ3) is 1.80. The molecule has 1 aromatic carbocycles. The second kappa shape index (κ2) is 4.52. The fourth-order valence-corrected chi connectivity index (χ4v) is 4.58. The van der Waals surface area contributed by atoms with Crippen molar-refractivity contribution in [2.24, 2.45) is 17.8 Å². The number of hydrogen-bond donors (Lipinski definition) is 1. The Hall–Kier alpha value is -1.02. The fourth-order valence-electron chi connectivity index (χ4n) is 4.58. The van der Waals surface area contributed by atoms with Gasteiger partial charge in [-0.1, -0.05) is 31.0 Å². The lowest BCUT2D eigenvalue weighted by Gasteiger charge is -2.20. The van der Waals surface area contributed by atoms with Crippen LogP contribution in [0.3, 0.4) is 0 Å². The second-order valence-corrected chi connectivity index (χ2v) is 6.39. The molecule has 2 heteroatoms. The number of nitrogens with one attached hydrogen (secondary N) is 1. The summed E-state index contributed by atoms with van der Waals surface area (Å²) in [4.78, 5) is 0. The van der Waals surface area contributed by atoms with Gasteiger partial charge in [-0.25, -0.2) is 0 Å². The smallest absolute Gasteiger partial charge is 0.127 e. The molecule has 0 amide bonds. The standard InChI is InChI=1S/C17H23NO/c1-18-16(15-12-6-2-3-7-13(12)15)14-8-4-5-11-9-10-19-17(11)14/h4-5,8,12-13,15-16,18H,2-3,6-7,9-10H2,1H3.